The molecule has 0 aliphatic heterocycles. The zero-order valence-electron chi connectivity index (χ0n) is 8.72. The lowest BCUT2D eigenvalue weighted by Crippen LogP contribution is -2.23. The normalized spacial score (nSPS) is 11.1. The monoisotopic (exact) mass is 167 g/mol. The van der Waals surface area contributed by atoms with Gasteiger partial charge < -0.3 is 5.32 Å². The second kappa shape index (κ2) is 7.11. The minimum Gasteiger partial charge on any atom is -0.314 e. The Balaban J connectivity index is 3.31. The fourth-order valence-electron chi connectivity index (χ4n) is 0.812. The molecule has 12 heavy (non-hydrogen) atoms. The van der Waals surface area contributed by atoms with Gasteiger partial charge in [0.15, 0.2) is 0 Å². The third-order valence-corrected chi connectivity index (χ3v) is 1.43. The van der Waals surface area contributed by atoms with E-state index < -0.39 is 0 Å². The quantitative estimate of drug-likeness (QED) is 0.490. The molecular weight excluding hydrogens is 146 g/mol. The van der Waals surface area contributed by atoms with Crippen molar-refractivity contribution >= 4 is 0 Å². The van der Waals surface area contributed by atoms with Crippen LogP contribution in [-0.2, 0) is 0 Å². The Bertz CT molecular complexity index is 150. The molecule has 0 saturated heterocycles. The second-order valence-electron chi connectivity index (χ2n) is 3.57. The summed E-state index contributed by atoms with van der Waals surface area (Å²) < 4.78 is 0. The summed E-state index contributed by atoms with van der Waals surface area (Å²) in [7, 11) is 0. The van der Waals surface area contributed by atoms with Gasteiger partial charge in [-0.2, -0.15) is 0 Å². The van der Waals surface area contributed by atoms with Crippen LogP contribution in [0.15, 0.2) is 23.8 Å². The second-order valence-corrected chi connectivity index (χ2v) is 3.57. The fraction of sp³-hybridized carbons (Fsp3) is 0.636. The van der Waals surface area contributed by atoms with Crippen molar-refractivity contribution in [2.45, 2.75) is 40.2 Å². The Morgan fingerprint density at radius 3 is 2.50 bits per heavy atom. The Hall–Kier alpha value is -0.560. The summed E-state index contributed by atoms with van der Waals surface area (Å²) in [5.41, 5.74) is 1.35. The highest BCUT2D eigenvalue weighted by molar-refractivity contribution is 5.08. The van der Waals surface area contributed by atoms with Crippen LogP contribution < -0.4 is 5.32 Å². The Morgan fingerprint density at radius 1 is 1.33 bits per heavy atom. The molecule has 0 spiro atoms. The molecule has 1 nitrogen and oxygen atoms in total. The van der Waals surface area contributed by atoms with Crippen LogP contribution in [0.4, 0.5) is 0 Å². The highest BCUT2D eigenvalue weighted by Crippen LogP contribution is 1.90. The van der Waals surface area contributed by atoms with Crippen molar-refractivity contribution in [1.29, 1.82) is 0 Å². The first-order valence-corrected chi connectivity index (χ1v) is 4.66. The summed E-state index contributed by atoms with van der Waals surface area (Å²) in [4.78, 5) is 0. The number of allylic oxidation sites excluding steroid dienone is 3. The molecule has 0 rings (SSSR count). The van der Waals surface area contributed by atoms with E-state index in [-0.39, 0.29) is 0 Å². The number of rotatable bonds is 5. The van der Waals surface area contributed by atoms with Crippen LogP contribution in [-0.4, -0.2) is 12.6 Å². The minimum atomic E-state index is 0.599. The van der Waals surface area contributed by atoms with Crippen LogP contribution in [0.5, 0.6) is 0 Å². The largest absolute Gasteiger partial charge is 0.314 e. The van der Waals surface area contributed by atoms with Crippen LogP contribution >= 0.6 is 0 Å². The zero-order chi connectivity index (χ0) is 9.40. The molecular formula is C11H21N. The van der Waals surface area contributed by atoms with Gasteiger partial charge in [0.1, 0.15) is 0 Å². The first-order chi connectivity index (χ1) is 5.63. The highest BCUT2D eigenvalue weighted by Gasteiger charge is 1.87. The molecule has 0 aromatic heterocycles. The molecule has 0 amide bonds. The molecule has 70 valence electrons. The molecule has 0 bridgehead atoms. The molecule has 0 heterocycles. The SMILES string of the molecule is CC(C)=CC=CCCNC(C)C. The van der Waals surface area contributed by atoms with Crippen molar-refractivity contribution in [2.75, 3.05) is 6.54 Å². The molecule has 0 aliphatic carbocycles. The third-order valence-electron chi connectivity index (χ3n) is 1.43. The number of hydrogen-bond acceptors (Lipinski definition) is 1. The van der Waals surface area contributed by atoms with Gasteiger partial charge in [-0.05, 0) is 26.8 Å². The predicted molar refractivity (Wildman–Crippen MR) is 56.3 cm³/mol. The van der Waals surface area contributed by atoms with E-state index in [1.807, 2.05) is 0 Å². The first kappa shape index (κ1) is 11.4. The van der Waals surface area contributed by atoms with Gasteiger partial charge in [0.05, 0.1) is 0 Å². The topological polar surface area (TPSA) is 12.0 Å². The smallest absolute Gasteiger partial charge is 0.00105 e. The van der Waals surface area contributed by atoms with E-state index >= 15 is 0 Å². The van der Waals surface area contributed by atoms with Crippen LogP contribution in [0.1, 0.15) is 34.1 Å². The van der Waals surface area contributed by atoms with E-state index in [4.69, 9.17) is 0 Å². The Kier molecular flexibility index (Phi) is 6.78. The highest BCUT2D eigenvalue weighted by atomic mass is 14.9. The molecule has 0 aromatic carbocycles. The van der Waals surface area contributed by atoms with E-state index in [0.29, 0.717) is 6.04 Å². The lowest BCUT2D eigenvalue weighted by Gasteiger charge is -2.04. The van der Waals surface area contributed by atoms with Gasteiger partial charge in [-0.15, -0.1) is 0 Å². The van der Waals surface area contributed by atoms with Crippen molar-refractivity contribution in [3.8, 4) is 0 Å². The van der Waals surface area contributed by atoms with Gasteiger partial charge in [0.25, 0.3) is 0 Å². The van der Waals surface area contributed by atoms with Gasteiger partial charge in [0, 0.05) is 6.04 Å². The van der Waals surface area contributed by atoms with Gasteiger partial charge in [-0.3, -0.25) is 0 Å². The fourth-order valence-corrected chi connectivity index (χ4v) is 0.812. The maximum absolute atomic E-state index is 3.36. The van der Waals surface area contributed by atoms with E-state index in [2.05, 4.69) is 51.2 Å². The van der Waals surface area contributed by atoms with Crippen molar-refractivity contribution in [1.82, 2.24) is 5.32 Å². The molecule has 0 fully saturated rings. The van der Waals surface area contributed by atoms with E-state index in [1.54, 1.807) is 0 Å². The van der Waals surface area contributed by atoms with E-state index in [9.17, 15) is 0 Å². The van der Waals surface area contributed by atoms with E-state index in [1.165, 1.54) is 5.57 Å². The predicted octanol–water partition coefficient (Wildman–Crippen LogP) is 2.90. The maximum atomic E-state index is 3.36. The van der Waals surface area contributed by atoms with Gasteiger partial charge in [0.2, 0.25) is 0 Å². The van der Waals surface area contributed by atoms with Crippen molar-refractivity contribution in [3.05, 3.63) is 23.8 Å². The molecule has 0 radical (unpaired) electrons. The lowest BCUT2D eigenvalue weighted by atomic mass is 10.3. The molecule has 0 atom stereocenters. The van der Waals surface area contributed by atoms with Crippen LogP contribution in [0.2, 0.25) is 0 Å². The molecule has 1 N–H and O–H groups in total. The van der Waals surface area contributed by atoms with Crippen LogP contribution in [0.3, 0.4) is 0 Å². The summed E-state index contributed by atoms with van der Waals surface area (Å²) in [6.45, 7) is 9.62. The zero-order valence-corrected chi connectivity index (χ0v) is 8.72. The molecule has 0 unspecified atom stereocenters. The van der Waals surface area contributed by atoms with Crippen molar-refractivity contribution < 1.29 is 0 Å². The molecule has 0 aliphatic rings. The summed E-state index contributed by atoms with van der Waals surface area (Å²) in [6, 6.07) is 0.599. The summed E-state index contributed by atoms with van der Waals surface area (Å²) in [5.74, 6) is 0. The summed E-state index contributed by atoms with van der Waals surface area (Å²) >= 11 is 0. The molecule has 0 saturated carbocycles. The molecule has 1 heteroatoms. The minimum absolute atomic E-state index is 0.599. The van der Waals surface area contributed by atoms with Crippen LogP contribution in [0, 0.1) is 0 Å². The third kappa shape index (κ3) is 9.44. The van der Waals surface area contributed by atoms with Gasteiger partial charge in [-0.1, -0.05) is 37.6 Å². The van der Waals surface area contributed by atoms with Crippen molar-refractivity contribution in [3.63, 3.8) is 0 Å². The number of nitrogens with one attached hydrogen (secondary N) is 1. The number of hydrogen-bond donors (Lipinski definition) is 1. The van der Waals surface area contributed by atoms with Crippen LogP contribution in [0.25, 0.3) is 0 Å². The van der Waals surface area contributed by atoms with Gasteiger partial charge in [-0.25, -0.2) is 0 Å². The Morgan fingerprint density at radius 2 is 2.00 bits per heavy atom. The average molecular weight is 167 g/mol. The maximum Gasteiger partial charge on any atom is 0.00105 e. The van der Waals surface area contributed by atoms with E-state index in [0.717, 1.165) is 13.0 Å². The van der Waals surface area contributed by atoms with Crippen molar-refractivity contribution in [2.24, 2.45) is 0 Å². The Labute approximate surface area is 76.6 Å². The summed E-state index contributed by atoms with van der Waals surface area (Å²) in [6.07, 6.45) is 7.57. The average Bonchev–Trinajstić information content (AvgIpc) is 1.95. The summed E-state index contributed by atoms with van der Waals surface area (Å²) in [5, 5.41) is 3.36. The lowest BCUT2D eigenvalue weighted by molar-refractivity contribution is 0.595. The standard InChI is InChI=1S/C11H21N/c1-10(2)8-6-5-7-9-12-11(3)4/h5-6,8,11-12H,7,9H2,1-4H3. The van der Waals surface area contributed by atoms with Gasteiger partial charge >= 0.3 is 0 Å². The first-order valence-electron chi connectivity index (χ1n) is 4.66. The molecule has 0 aromatic rings.